The molecule has 0 bridgehead atoms. The van der Waals surface area contributed by atoms with Gasteiger partial charge in [-0.3, -0.25) is 14.5 Å². The molecule has 6 heteroatoms. The lowest BCUT2D eigenvalue weighted by Crippen LogP contribution is -2.42. The second-order valence-electron chi connectivity index (χ2n) is 9.69. The van der Waals surface area contributed by atoms with Gasteiger partial charge in [0, 0.05) is 42.7 Å². The zero-order valence-electron chi connectivity index (χ0n) is 19.1. The molecular weight excluding hydrogens is 400 g/mol. The van der Waals surface area contributed by atoms with E-state index in [9.17, 15) is 9.59 Å². The van der Waals surface area contributed by atoms with Gasteiger partial charge in [0.15, 0.2) is 0 Å². The van der Waals surface area contributed by atoms with Gasteiger partial charge in [0.05, 0.1) is 11.1 Å². The summed E-state index contributed by atoms with van der Waals surface area (Å²) in [5, 5.41) is 4.00. The van der Waals surface area contributed by atoms with E-state index in [0.29, 0.717) is 30.4 Å². The van der Waals surface area contributed by atoms with Crippen molar-refractivity contribution >= 4 is 22.7 Å². The van der Waals surface area contributed by atoms with E-state index < -0.39 is 0 Å². The Balaban J connectivity index is 1.40. The Hall–Kier alpha value is -2.47. The van der Waals surface area contributed by atoms with E-state index in [1.54, 1.807) is 0 Å². The number of aromatic nitrogens is 1. The summed E-state index contributed by atoms with van der Waals surface area (Å²) in [4.78, 5) is 35.9. The SMILES string of the molecule is CC1CCCCN1CCNC(=O)c1c2c(nc3ccccc13)C(=O)N(C1CCCCC1)C2. The van der Waals surface area contributed by atoms with Gasteiger partial charge in [0.25, 0.3) is 11.8 Å². The Morgan fingerprint density at radius 1 is 1.09 bits per heavy atom. The summed E-state index contributed by atoms with van der Waals surface area (Å²) < 4.78 is 0. The average molecular weight is 435 g/mol. The van der Waals surface area contributed by atoms with E-state index >= 15 is 0 Å². The highest BCUT2D eigenvalue weighted by atomic mass is 16.2. The number of likely N-dealkylation sites (tertiary alicyclic amines) is 1. The first-order valence-electron chi connectivity index (χ1n) is 12.4. The fourth-order valence-corrected chi connectivity index (χ4v) is 5.80. The number of pyridine rings is 1. The second kappa shape index (κ2) is 9.18. The molecule has 2 aliphatic heterocycles. The van der Waals surface area contributed by atoms with Crippen LogP contribution in [0.25, 0.3) is 10.9 Å². The van der Waals surface area contributed by atoms with E-state index in [2.05, 4.69) is 17.1 Å². The van der Waals surface area contributed by atoms with Crippen molar-refractivity contribution in [2.45, 2.75) is 76.9 Å². The Bertz CT molecular complexity index is 1010. The average Bonchev–Trinajstić information content (AvgIpc) is 3.15. The normalized spacial score (nSPS) is 22.3. The molecule has 0 spiro atoms. The van der Waals surface area contributed by atoms with Crippen LogP contribution in [0, 0.1) is 0 Å². The molecule has 2 fully saturated rings. The topological polar surface area (TPSA) is 65.5 Å². The van der Waals surface area contributed by atoms with Crippen LogP contribution in [0.3, 0.4) is 0 Å². The molecule has 2 amide bonds. The van der Waals surface area contributed by atoms with Crippen LogP contribution in [0.4, 0.5) is 0 Å². The first-order chi connectivity index (χ1) is 15.6. The molecule has 3 heterocycles. The zero-order chi connectivity index (χ0) is 22.1. The predicted molar refractivity (Wildman–Crippen MR) is 126 cm³/mol. The number of nitrogens with one attached hydrogen (secondary N) is 1. The number of amides is 2. The summed E-state index contributed by atoms with van der Waals surface area (Å²) in [5.74, 6) is -0.0864. The molecule has 1 aromatic heterocycles. The summed E-state index contributed by atoms with van der Waals surface area (Å²) in [6.07, 6.45) is 9.45. The number of hydrogen-bond acceptors (Lipinski definition) is 4. The number of para-hydroxylation sites is 1. The Morgan fingerprint density at radius 3 is 2.69 bits per heavy atom. The molecular formula is C26H34N4O2. The summed E-state index contributed by atoms with van der Waals surface area (Å²) in [6.45, 7) is 5.37. The van der Waals surface area contributed by atoms with E-state index in [0.717, 1.165) is 42.4 Å². The molecule has 1 saturated carbocycles. The molecule has 6 nitrogen and oxygen atoms in total. The number of carbonyl (C=O) groups is 2. The standard InChI is InChI=1S/C26H34N4O2/c1-18-9-7-8-15-29(18)16-14-27-25(31)23-20-12-5-6-13-22(20)28-24-21(23)17-30(26(24)32)19-10-3-2-4-11-19/h5-6,12-13,18-19H,2-4,7-11,14-17H2,1H3,(H,27,31). The molecule has 1 aliphatic carbocycles. The molecule has 2 aromatic rings. The highest BCUT2D eigenvalue weighted by molar-refractivity contribution is 6.11. The first kappa shape index (κ1) is 21.4. The lowest BCUT2D eigenvalue weighted by atomic mass is 9.94. The number of piperidine rings is 1. The van der Waals surface area contributed by atoms with Gasteiger partial charge in [-0.05, 0) is 45.2 Å². The Morgan fingerprint density at radius 2 is 1.88 bits per heavy atom. The van der Waals surface area contributed by atoms with E-state index in [-0.39, 0.29) is 17.9 Å². The van der Waals surface area contributed by atoms with Crippen molar-refractivity contribution in [3.05, 3.63) is 41.1 Å². The van der Waals surface area contributed by atoms with Gasteiger partial charge in [-0.15, -0.1) is 0 Å². The quantitative estimate of drug-likeness (QED) is 0.769. The van der Waals surface area contributed by atoms with Crippen molar-refractivity contribution in [2.24, 2.45) is 0 Å². The van der Waals surface area contributed by atoms with Crippen molar-refractivity contribution in [3.8, 4) is 0 Å². The van der Waals surface area contributed by atoms with Crippen molar-refractivity contribution in [1.82, 2.24) is 20.1 Å². The molecule has 32 heavy (non-hydrogen) atoms. The maximum atomic E-state index is 13.4. The molecule has 5 rings (SSSR count). The zero-order valence-corrected chi connectivity index (χ0v) is 19.1. The number of benzene rings is 1. The van der Waals surface area contributed by atoms with Crippen molar-refractivity contribution < 1.29 is 9.59 Å². The molecule has 0 radical (unpaired) electrons. The van der Waals surface area contributed by atoms with Crippen molar-refractivity contribution in [2.75, 3.05) is 19.6 Å². The van der Waals surface area contributed by atoms with E-state index in [4.69, 9.17) is 4.98 Å². The number of hydrogen-bond donors (Lipinski definition) is 1. The molecule has 1 atom stereocenters. The van der Waals surface area contributed by atoms with E-state index in [1.807, 2.05) is 29.2 Å². The molecule has 1 aromatic carbocycles. The molecule has 170 valence electrons. The van der Waals surface area contributed by atoms with Crippen LogP contribution in [0.2, 0.25) is 0 Å². The lowest BCUT2D eigenvalue weighted by molar-refractivity contribution is 0.0655. The third-order valence-electron chi connectivity index (χ3n) is 7.65. The van der Waals surface area contributed by atoms with Gasteiger partial charge in [-0.1, -0.05) is 43.9 Å². The van der Waals surface area contributed by atoms with Gasteiger partial charge in [0.1, 0.15) is 5.69 Å². The van der Waals surface area contributed by atoms with Crippen LogP contribution >= 0.6 is 0 Å². The molecule has 1 unspecified atom stereocenters. The maximum absolute atomic E-state index is 13.4. The second-order valence-corrected chi connectivity index (χ2v) is 9.69. The number of carbonyl (C=O) groups excluding carboxylic acids is 2. The maximum Gasteiger partial charge on any atom is 0.273 e. The smallest absolute Gasteiger partial charge is 0.273 e. The van der Waals surface area contributed by atoms with Crippen LogP contribution in [-0.4, -0.2) is 58.3 Å². The van der Waals surface area contributed by atoms with Crippen molar-refractivity contribution in [1.29, 1.82) is 0 Å². The minimum Gasteiger partial charge on any atom is -0.351 e. The predicted octanol–water partition coefficient (Wildman–Crippen LogP) is 4.13. The van der Waals surface area contributed by atoms with Gasteiger partial charge < -0.3 is 10.2 Å². The van der Waals surface area contributed by atoms with Crippen LogP contribution in [0.1, 0.15) is 84.7 Å². The summed E-state index contributed by atoms with van der Waals surface area (Å²) in [6, 6.07) is 8.56. The number of rotatable bonds is 5. The van der Waals surface area contributed by atoms with E-state index in [1.165, 1.54) is 38.5 Å². The number of nitrogens with zero attached hydrogens (tertiary/aromatic N) is 3. The van der Waals surface area contributed by atoms with Gasteiger partial charge in [-0.2, -0.15) is 0 Å². The third-order valence-corrected chi connectivity index (χ3v) is 7.65. The summed E-state index contributed by atoms with van der Waals surface area (Å²) in [7, 11) is 0. The largest absolute Gasteiger partial charge is 0.351 e. The van der Waals surface area contributed by atoms with Gasteiger partial charge >= 0.3 is 0 Å². The third kappa shape index (κ3) is 4.01. The minimum atomic E-state index is -0.0807. The Labute approximate surface area is 190 Å². The van der Waals surface area contributed by atoms with Gasteiger partial charge in [0.2, 0.25) is 0 Å². The number of fused-ring (bicyclic) bond motifs is 2. The lowest BCUT2D eigenvalue weighted by Gasteiger charge is -2.33. The first-order valence-corrected chi connectivity index (χ1v) is 12.4. The fraction of sp³-hybridized carbons (Fsp3) is 0.577. The van der Waals surface area contributed by atoms with Crippen LogP contribution < -0.4 is 5.32 Å². The highest BCUT2D eigenvalue weighted by Crippen LogP contribution is 2.34. The summed E-state index contributed by atoms with van der Waals surface area (Å²) >= 11 is 0. The van der Waals surface area contributed by atoms with Gasteiger partial charge in [-0.25, -0.2) is 4.98 Å². The fourth-order valence-electron chi connectivity index (χ4n) is 5.80. The van der Waals surface area contributed by atoms with Crippen LogP contribution in [0.15, 0.2) is 24.3 Å². The Kier molecular flexibility index (Phi) is 6.13. The van der Waals surface area contributed by atoms with Crippen LogP contribution in [0.5, 0.6) is 0 Å². The molecule has 1 saturated heterocycles. The molecule has 3 aliphatic rings. The van der Waals surface area contributed by atoms with Crippen molar-refractivity contribution in [3.63, 3.8) is 0 Å². The van der Waals surface area contributed by atoms with Crippen LogP contribution in [-0.2, 0) is 6.54 Å². The monoisotopic (exact) mass is 434 g/mol. The highest BCUT2D eigenvalue weighted by Gasteiger charge is 2.38. The summed E-state index contributed by atoms with van der Waals surface area (Å²) in [5.41, 5.74) is 2.65. The molecule has 1 N–H and O–H groups in total. The minimum absolute atomic E-state index is 0.00570.